The van der Waals surface area contributed by atoms with E-state index >= 15 is 0 Å². The van der Waals surface area contributed by atoms with Crippen molar-refractivity contribution in [2.45, 2.75) is 31.3 Å². The van der Waals surface area contributed by atoms with Crippen LogP contribution in [0.2, 0.25) is 0 Å². The molecule has 0 bridgehead atoms. The molecule has 0 atom stereocenters. The lowest BCUT2D eigenvalue weighted by molar-refractivity contribution is -0.125. The minimum absolute atomic E-state index is 0.0198. The fraction of sp³-hybridized carbons (Fsp3) is 0.208. The van der Waals surface area contributed by atoms with Crippen LogP contribution in [0.4, 0.5) is 0 Å². The van der Waals surface area contributed by atoms with E-state index in [9.17, 15) is 9.90 Å². The lowest BCUT2D eigenvalue weighted by atomic mass is 9.65. The Bertz CT molecular complexity index is 750. The lowest BCUT2D eigenvalue weighted by Gasteiger charge is -2.36. The van der Waals surface area contributed by atoms with E-state index in [-0.39, 0.29) is 12.2 Å². The van der Waals surface area contributed by atoms with Gasteiger partial charge in [0, 0.05) is 6.42 Å². The van der Waals surface area contributed by atoms with Gasteiger partial charge in [0.05, 0.1) is 5.60 Å². The highest BCUT2D eigenvalue weighted by Crippen LogP contribution is 2.41. The second-order valence-electron chi connectivity index (χ2n) is 7.26. The molecule has 3 aromatic rings. The largest absolute Gasteiger partial charge is 0.390 e. The molecule has 0 heterocycles. The van der Waals surface area contributed by atoms with Gasteiger partial charge in [0.2, 0.25) is 0 Å². The van der Waals surface area contributed by atoms with Crippen LogP contribution in [-0.2, 0) is 10.2 Å². The Balaban J connectivity index is 2.34. The van der Waals surface area contributed by atoms with E-state index < -0.39 is 11.0 Å². The summed E-state index contributed by atoms with van der Waals surface area (Å²) < 4.78 is 0. The van der Waals surface area contributed by atoms with Gasteiger partial charge in [-0.15, -0.1) is 0 Å². The van der Waals surface area contributed by atoms with Crippen molar-refractivity contribution in [3.63, 3.8) is 0 Å². The molecule has 0 aliphatic carbocycles. The molecule has 0 spiro atoms. The normalized spacial score (nSPS) is 12.0. The fourth-order valence-corrected chi connectivity index (χ4v) is 3.57. The van der Waals surface area contributed by atoms with E-state index in [0.29, 0.717) is 0 Å². The molecule has 132 valence electrons. The predicted molar refractivity (Wildman–Crippen MR) is 105 cm³/mol. The summed E-state index contributed by atoms with van der Waals surface area (Å²) in [5.74, 6) is -0.0198. The molecule has 0 radical (unpaired) electrons. The second kappa shape index (κ2) is 7.27. The number of Topliss-reactive ketones (excluding diaryl/α,β-unsaturated/α-hetero) is 1. The molecule has 0 aromatic heterocycles. The Morgan fingerprint density at radius 1 is 0.692 bits per heavy atom. The van der Waals surface area contributed by atoms with Crippen molar-refractivity contribution < 1.29 is 9.90 Å². The first-order valence-electron chi connectivity index (χ1n) is 8.87. The van der Waals surface area contributed by atoms with Crippen LogP contribution in [0.3, 0.4) is 0 Å². The van der Waals surface area contributed by atoms with Gasteiger partial charge in [-0.05, 0) is 30.5 Å². The summed E-state index contributed by atoms with van der Waals surface area (Å²) in [6.45, 7) is 3.35. The number of hydrogen-bond donors (Lipinski definition) is 1. The van der Waals surface area contributed by atoms with Crippen LogP contribution in [0.5, 0.6) is 0 Å². The number of ketones is 1. The van der Waals surface area contributed by atoms with E-state index in [1.807, 2.05) is 91.0 Å². The highest BCUT2D eigenvalue weighted by Gasteiger charge is 2.44. The van der Waals surface area contributed by atoms with E-state index in [1.165, 1.54) is 0 Å². The van der Waals surface area contributed by atoms with Crippen molar-refractivity contribution in [3.05, 3.63) is 108 Å². The van der Waals surface area contributed by atoms with Gasteiger partial charge in [-0.2, -0.15) is 0 Å². The first-order chi connectivity index (χ1) is 12.4. The predicted octanol–water partition coefficient (Wildman–Crippen LogP) is 4.75. The number of rotatable bonds is 6. The molecule has 0 fully saturated rings. The molecule has 0 unspecified atom stereocenters. The number of carbonyl (C=O) groups excluding carboxylic acids is 1. The van der Waals surface area contributed by atoms with Crippen molar-refractivity contribution in [3.8, 4) is 0 Å². The summed E-state index contributed by atoms with van der Waals surface area (Å²) in [5, 5.41) is 10.4. The van der Waals surface area contributed by atoms with Crippen molar-refractivity contribution in [1.82, 2.24) is 0 Å². The van der Waals surface area contributed by atoms with Crippen molar-refractivity contribution in [2.24, 2.45) is 0 Å². The highest BCUT2D eigenvalue weighted by molar-refractivity contribution is 5.98. The SMILES string of the molecule is CC(C)(O)CC(=O)C(c1ccccc1)(c1ccccc1)c1ccccc1. The topological polar surface area (TPSA) is 37.3 Å². The lowest BCUT2D eigenvalue weighted by Crippen LogP contribution is -2.42. The van der Waals surface area contributed by atoms with Gasteiger partial charge in [0.25, 0.3) is 0 Å². The minimum Gasteiger partial charge on any atom is -0.390 e. The molecular weight excluding hydrogens is 320 g/mol. The molecule has 2 heteroatoms. The second-order valence-corrected chi connectivity index (χ2v) is 7.26. The molecule has 0 amide bonds. The van der Waals surface area contributed by atoms with Crippen LogP contribution in [0.25, 0.3) is 0 Å². The standard InChI is InChI=1S/C24H24O2/c1-23(2,26)18-22(25)24(19-12-6-3-7-13-19,20-14-8-4-9-15-20)21-16-10-5-11-17-21/h3-17,26H,18H2,1-2H3. The average molecular weight is 344 g/mol. The third-order valence-electron chi connectivity index (χ3n) is 4.63. The summed E-state index contributed by atoms with van der Waals surface area (Å²) >= 11 is 0. The summed E-state index contributed by atoms with van der Waals surface area (Å²) in [5.41, 5.74) is 0.690. The van der Waals surface area contributed by atoms with E-state index in [4.69, 9.17) is 0 Å². The van der Waals surface area contributed by atoms with Gasteiger partial charge >= 0.3 is 0 Å². The van der Waals surface area contributed by atoms with Crippen molar-refractivity contribution in [1.29, 1.82) is 0 Å². The van der Waals surface area contributed by atoms with Gasteiger partial charge in [-0.25, -0.2) is 0 Å². The van der Waals surface area contributed by atoms with E-state index in [1.54, 1.807) is 13.8 Å². The van der Waals surface area contributed by atoms with Crippen LogP contribution < -0.4 is 0 Å². The van der Waals surface area contributed by atoms with Crippen molar-refractivity contribution >= 4 is 5.78 Å². The smallest absolute Gasteiger partial charge is 0.155 e. The Hall–Kier alpha value is -2.71. The van der Waals surface area contributed by atoms with Gasteiger partial charge < -0.3 is 5.11 Å². The Labute approximate surface area is 155 Å². The summed E-state index contributed by atoms with van der Waals surface area (Å²) in [4.78, 5) is 13.7. The molecule has 26 heavy (non-hydrogen) atoms. The Kier molecular flexibility index (Phi) is 5.06. The first-order valence-corrected chi connectivity index (χ1v) is 8.87. The first kappa shape index (κ1) is 18.1. The van der Waals surface area contributed by atoms with Gasteiger partial charge in [0.15, 0.2) is 5.78 Å². The highest BCUT2D eigenvalue weighted by atomic mass is 16.3. The maximum absolute atomic E-state index is 13.7. The zero-order valence-corrected chi connectivity index (χ0v) is 15.2. The maximum Gasteiger partial charge on any atom is 0.155 e. The molecular formula is C24H24O2. The average Bonchev–Trinajstić information content (AvgIpc) is 2.64. The van der Waals surface area contributed by atoms with Crippen LogP contribution in [0.15, 0.2) is 91.0 Å². The molecule has 0 saturated heterocycles. The molecule has 2 nitrogen and oxygen atoms in total. The number of hydrogen-bond acceptors (Lipinski definition) is 2. The molecule has 1 N–H and O–H groups in total. The summed E-state index contributed by atoms with van der Waals surface area (Å²) in [6, 6.07) is 29.5. The Morgan fingerprint density at radius 3 is 1.27 bits per heavy atom. The fourth-order valence-electron chi connectivity index (χ4n) is 3.57. The van der Waals surface area contributed by atoms with Gasteiger partial charge in [-0.1, -0.05) is 91.0 Å². The van der Waals surface area contributed by atoms with E-state index in [0.717, 1.165) is 16.7 Å². The Morgan fingerprint density at radius 2 is 1.00 bits per heavy atom. The molecule has 0 aliphatic heterocycles. The summed E-state index contributed by atoms with van der Waals surface area (Å²) in [7, 11) is 0. The monoisotopic (exact) mass is 344 g/mol. The minimum atomic E-state index is -1.08. The molecule has 3 rings (SSSR count). The van der Waals surface area contributed by atoms with Crippen LogP contribution in [0.1, 0.15) is 37.0 Å². The van der Waals surface area contributed by atoms with Crippen molar-refractivity contribution in [2.75, 3.05) is 0 Å². The number of benzene rings is 3. The molecule has 3 aromatic carbocycles. The summed E-state index contributed by atoms with van der Waals surface area (Å²) in [6.07, 6.45) is 0.0612. The zero-order valence-electron chi connectivity index (χ0n) is 15.2. The third-order valence-corrected chi connectivity index (χ3v) is 4.63. The maximum atomic E-state index is 13.7. The molecule has 0 aliphatic rings. The quantitative estimate of drug-likeness (QED) is 0.655. The van der Waals surface area contributed by atoms with Crippen LogP contribution in [0, 0.1) is 0 Å². The van der Waals surface area contributed by atoms with Crippen LogP contribution >= 0.6 is 0 Å². The van der Waals surface area contributed by atoms with Gasteiger partial charge in [0.1, 0.15) is 5.41 Å². The molecule has 0 saturated carbocycles. The van der Waals surface area contributed by atoms with Gasteiger partial charge in [-0.3, -0.25) is 4.79 Å². The van der Waals surface area contributed by atoms with Crippen LogP contribution in [-0.4, -0.2) is 16.5 Å². The third kappa shape index (κ3) is 3.47. The number of carbonyl (C=O) groups is 1. The zero-order chi connectivity index (χ0) is 18.6. The van der Waals surface area contributed by atoms with E-state index in [2.05, 4.69) is 0 Å². The number of aliphatic hydroxyl groups is 1.